The summed E-state index contributed by atoms with van der Waals surface area (Å²) in [5, 5.41) is 0. The van der Waals surface area contributed by atoms with Crippen molar-refractivity contribution in [2.75, 3.05) is 11.5 Å². The number of hydrogen-bond acceptors (Lipinski definition) is 2. The first kappa shape index (κ1) is 13.3. The molecule has 0 radical (unpaired) electrons. The van der Waals surface area contributed by atoms with E-state index < -0.39 is 11.7 Å². The normalized spacial score (nSPS) is 11.5. The van der Waals surface area contributed by atoms with Crippen molar-refractivity contribution in [3.05, 3.63) is 59.2 Å². The number of nitrogen functional groups attached to an aromatic ring is 2. The molecule has 4 N–H and O–H groups in total. The first-order chi connectivity index (χ1) is 8.89. The number of para-hydroxylation sites is 1. The lowest BCUT2D eigenvalue weighted by atomic mass is 9.98. The van der Waals surface area contributed by atoms with Crippen molar-refractivity contribution in [3.63, 3.8) is 0 Å². The van der Waals surface area contributed by atoms with Gasteiger partial charge >= 0.3 is 6.18 Å². The summed E-state index contributed by atoms with van der Waals surface area (Å²) in [5.41, 5.74) is 12.3. The number of alkyl halides is 3. The Bertz CT molecular complexity index is 591. The molecule has 0 heterocycles. The number of hydrogen-bond donors (Lipinski definition) is 2. The zero-order chi connectivity index (χ0) is 14.0. The Morgan fingerprint density at radius 2 is 1.47 bits per heavy atom. The second-order valence-electron chi connectivity index (χ2n) is 4.25. The molecule has 0 spiro atoms. The Labute approximate surface area is 108 Å². The van der Waals surface area contributed by atoms with Gasteiger partial charge in [0.25, 0.3) is 0 Å². The van der Waals surface area contributed by atoms with Crippen LogP contribution in [-0.4, -0.2) is 0 Å². The van der Waals surface area contributed by atoms with Gasteiger partial charge in [0.05, 0.1) is 16.9 Å². The minimum absolute atomic E-state index is 0.104. The number of anilines is 2. The van der Waals surface area contributed by atoms with E-state index in [1.807, 2.05) is 0 Å². The topological polar surface area (TPSA) is 52.0 Å². The van der Waals surface area contributed by atoms with Gasteiger partial charge in [0.15, 0.2) is 0 Å². The van der Waals surface area contributed by atoms with E-state index >= 15 is 0 Å². The van der Waals surface area contributed by atoms with Crippen molar-refractivity contribution >= 4 is 11.4 Å². The molecule has 2 aromatic carbocycles. The molecule has 0 aromatic heterocycles. The summed E-state index contributed by atoms with van der Waals surface area (Å²) in [6.45, 7) is 0. The van der Waals surface area contributed by atoms with E-state index in [0.29, 0.717) is 16.9 Å². The van der Waals surface area contributed by atoms with Crippen LogP contribution in [0.3, 0.4) is 0 Å². The van der Waals surface area contributed by atoms with E-state index in [1.54, 1.807) is 24.3 Å². The van der Waals surface area contributed by atoms with Crippen LogP contribution in [0.4, 0.5) is 24.5 Å². The molecule has 0 unspecified atom stereocenters. The maximum absolute atomic E-state index is 12.9. The molecule has 5 heteroatoms. The quantitative estimate of drug-likeness (QED) is 0.818. The Morgan fingerprint density at radius 3 is 2.16 bits per heavy atom. The van der Waals surface area contributed by atoms with Gasteiger partial charge in [-0.05, 0) is 23.3 Å². The third-order valence-corrected chi connectivity index (χ3v) is 2.93. The molecule has 0 amide bonds. The highest BCUT2D eigenvalue weighted by Crippen LogP contribution is 2.33. The fraction of sp³-hybridized carbons (Fsp3) is 0.143. The van der Waals surface area contributed by atoms with Crippen molar-refractivity contribution in [3.8, 4) is 0 Å². The molecule has 0 saturated carbocycles. The van der Waals surface area contributed by atoms with Crippen LogP contribution < -0.4 is 11.5 Å². The first-order valence-corrected chi connectivity index (χ1v) is 5.67. The van der Waals surface area contributed by atoms with Gasteiger partial charge in [0.1, 0.15) is 0 Å². The van der Waals surface area contributed by atoms with Crippen molar-refractivity contribution in [1.82, 2.24) is 0 Å². The molecule has 2 aromatic rings. The Kier molecular flexibility index (Phi) is 3.38. The van der Waals surface area contributed by atoms with E-state index in [1.165, 1.54) is 12.1 Å². The predicted octanol–water partition coefficient (Wildman–Crippen LogP) is 3.46. The van der Waals surface area contributed by atoms with E-state index in [-0.39, 0.29) is 12.0 Å². The molecule has 0 aliphatic rings. The molecule has 0 saturated heterocycles. The molecule has 2 rings (SSSR count). The summed E-state index contributed by atoms with van der Waals surface area (Å²) in [5.74, 6) is 0. The molecule has 100 valence electrons. The average molecular weight is 266 g/mol. The standard InChI is InChI=1S/C14H13F3N2/c15-14(16,17)11-6-2-1-4-9(11)8-10-5-3-7-12(18)13(10)19/h1-7H,8,18-19H2. The van der Waals surface area contributed by atoms with Gasteiger partial charge < -0.3 is 11.5 Å². The molecular weight excluding hydrogens is 253 g/mol. The predicted molar refractivity (Wildman–Crippen MR) is 69.5 cm³/mol. The zero-order valence-corrected chi connectivity index (χ0v) is 10.0. The Hall–Kier alpha value is -2.17. The molecule has 0 aliphatic carbocycles. The largest absolute Gasteiger partial charge is 0.416 e. The van der Waals surface area contributed by atoms with E-state index in [2.05, 4.69) is 0 Å². The van der Waals surface area contributed by atoms with Crippen LogP contribution in [0.5, 0.6) is 0 Å². The van der Waals surface area contributed by atoms with Gasteiger partial charge in [0.2, 0.25) is 0 Å². The number of halogens is 3. The molecule has 0 atom stereocenters. The van der Waals surface area contributed by atoms with Gasteiger partial charge in [-0.1, -0.05) is 30.3 Å². The second-order valence-corrected chi connectivity index (χ2v) is 4.25. The fourth-order valence-corrected chi connectivity index (χ4v) is 1.94. The smallest absolute Gasteiger partial charge is 0.397 e. The molecule has 0 fully saturated rings. The monoisotopic (exact) mass is 266 g/mol. The highest BCUT2D eigenvalue weighted by atomic mass is 19.4. The van der Waals surface area contributed by atoms with E-state index in [0.717, 1.165) is 6.07 Å². The Balaban J connectivity index is 2.42. The van der Waals surface area contributed by atoms with Crippen LogP contribution in [0.1, 0.15) is 16.7 Å². The van der Waals surface area contributed by atoms with Crippen molar-refractivity contribution < 1.29 is 13.2 Å². The van der Waals surface area contributed by atoms with Crippen LogP contribution in [-0.2, 0) is 12.6 Å². The molecule has 19 heavy (non-hydrogen) atoms. The first-order valence-electron chi connectivity index (χ1n) is 5.67. The lowest BCUT2D eigenvalue weighted by molar-refractivity contribution is -0.138. The van der Waals surface area contributed by atoms with E-state index in [4.69, 9.17) is 11.5 Å². The van der Waals surface area contributed by atoms with Gasteiger partial charge in [-0.3, -0.25) is 0 Å². The fourth-order valence-electron chi connectivity index (χ4n) is 1.94. The van der Waals surface area contributed by atoms with Crippen LogP contribution in [0.2, 0.25) is 0 Å². The minimum atomic E-state index is -4.37. The lowest BCUT2D eigenvalue weighted by Gasteiger charge is -2.14. The maximum Gasteiger partial charge on any atom is 0.416 e. The summed E-state index contributed by atoms with van der Waals surface area (Å²) in [6, 6.07) is 10.4. The molecule has 0 aliphatic heterocycles. The van der Waals surface area contributed by atoms with Crippen molar-refractivity contribution in [2.24, 2.45) is 0 Å². The van der Waals surface area contributed by atoms with Crippen LogP contribution in [0.25, 0.3) is 0 Å². The van der Waals surface area contributed by atoms with Crippen molar-refractivity contribution in [2.45, 2.75) is 12.6 Å². The highest BCUT2D eigenvalue weighted by molar-refractivity contribution is 5.67. The average Bonchev–Trinajstić information content (AvgIpc) is 2.34. The highest BCUT2D eigenvalue weighted by Gasteiger charge is 2.32. The number of rotatable bonds is 2. The minimum Gasteiger partial charge on any atom is -0.397 e. The van der Waals surface area contributed by atoms with E-state index in [9.17, 15) is 13.2 Å². The third-order valence-electron chi connectivity index (χ3n) is 2.93. The Morgan fingerprint density at radius 1 is 0.842 bits per heavy atom. The number of nitrogens with two attached hydrogens (primary N) is 2. The third kappa shape index (κ3) is 2.81. The van der Waals surface area contributed by atoms with Gasteiger partial charge in [0, 0.05) is 6.42 Å². The summed E-state index contributed by atoms with van der Waals surface area (Å²) in [6.07, 6.45) is -4.27. The number of benzene rings is 2. The van der Waals surface area contributed by atoms with Crippen LogP contribution in [0.15, 0.2) is 42.5 Å². The van der Waals surface area contributed by atoms with Gasteiger partial charge in [-0.25, -0.2) is 0 Å². The zero-order valence-electron chi connectivity index (χ0n) is 10.0. The summed E-state index contributed by atoms with van der Waals surface area (Å²) in [7, 11) is 0. The van der Waals surface area contributed by atoms with Crippen molar-refractivity contribution in [1.29, 1.82) is 0 Å². The second kappa shape index (κ2) is 4.84. The summed E-state index contributed by atoms with van der Waals surface area (Å²) in [4.78, 5) is 0. The summed E-state index contributed by atoms with van der Waals surface area (Å²) >= 11 is 0. The molecular formula is C14H13F3N2. The van der Waals surface area contributed by atoms with Gasteiger partial charge in [-0.15, -0.1) is 0 Å². The molecule has 2 nitrogen and oxygen atoms in total. The van der Waals surface area contributed by atoms with Crippen LogP contribution >= 0.6 is 0 Å². The lowest BCUT2D eigenvalue weighted by Crippen LogP contribution is -2.10. The van der Waals surface area contributed by atoms with Gasteiger partial charge in [-0.2, -0.15) is 13.2 Å². The SMILES string of the molecule is Nc1cccc(Cc2ccccc2C(F)(F)F)c1N. The maximum atomic E-state index is 12.9. The molecule has 0 bridgehead atoms. The summed E-state index contributed by atoms with van der Waals surface area (Å²) < 4.78 is 38.6. The van der Waals surface area contributed by atoms with Crippen LogP contribution in [0, 0.1) is 0 Å².